The van der Waals surface area contributed by atoms with Gasteiger partial charge in [0.25, 0.3) is 5.91 Å². The molecule has 12 nitrogen and oxygen atoms in total. The van der Waals surface area contributed by atoms with Crippen molar-refractivity contribution in [3.8, 4) is 5.75 Å². The summed E-state index contributed by atoms with van der Waals surface area (Å²) in [5.41, 5.74) is 1.47. The first-order valence-corrected chi connectivity index (χ1v) is 17.8. The van der Waals surface area contributed by atoms with Gasteiger partial charge >= 0.3 is 0 Å². The molecule has 0 spiro atoms. The van der Waals surface area contributed by atoms with E-state index in [4.69, 9.17) is 4.74 Å². The fraction of sp³-hybridized carbons (Fsp3) is 0.410. The van der Waals surface area contributed by atoms with Gasteiger partial charge in [-0.1, -0.05) is 48.5 Å². The fourth-order valence-electron chi connectivity index (χ4n) is 6.82. The number of rotatable bonds is 7. The van der Waals surface area contributed by atoms with Gasteiger partial charge in [0, 0.05) is 38.0 Å². The summed E-state index contributed by atoms with van der Waals surface area (Å²) in [5.74, 6) is -4.45. The zero-order chi connectivity index (χ0) is 37.6. The number of aliphatic hydroxyl groups excluding tert-OH is 1. The largest absolute Gasteiger partial charge is 0.484 e. The van der Waals surface area contributed by atoms with Gasteiger partial charge in [0.2, 0.25) is 23.6 Å². The molecule has 3 aromatic carbocycles. The normalized spacial score (nSPS) is 23.5. The molecule has 1 aliphatic carbocycles. The Kier molecular flexibility index (Phi) is 11.7. The molecule has 0 aromatic heterocycles. The second kappa shape index (κ2) is 16.5. The van der Waals surface area contributed by atoms with Gasteiger partial charge in [-0.2, -0.15) is 0 Å². The van der Waals surface area contributed by atoms with Crippen molar-refractivity contribution >= 4 is 29.5 Å². The van der Waals surface area contributed by atoms with Crippen LogP contribution >= 0.6 is 0 Å². The Morgan fingerprint density at radius 3 is 2.42 bits per heavy atom. The molecule has 14 heteroatoms. The summed E-state index contributed by atoms with van der Waals surface area (Å²) in [6, 6.07) is 15.9. The van der Waals surface area contributed by atoms with Crippen molar-refractivity contribution in [3.63, 3.8) is 0 Å². The van der Waals surface area contributed by atoms with Gasteiger partial charge in [0.1, 0.15) is 29.5 Å². The highest BCUT2D eigenvalue weighted by Gasteiger charge is 2.40. The second-order valence-corrected chi connectivity index (χ2v) is 14.1. The topological polar surface area (TPSA) is 157 Å². The minimum atomic E-state index is -1.35. The summed E-state index contributed by atoms with van der Waals surface area (Å²) in [6.07, 6.45) is 0.238. The average molecular weight is 732 g/mol. The van der Waals surface area contributed by atoms with Gasteiger partial charge in [0.15, 0.2) is 6.61 Å². The van der Waals surface area contributed by atoms with Crippen LogP contribution in [0.15, 0.2) is 72.8 Å². The zero-order valence-corrected chi connectivity index (χ0v) is 29.3. The maximum Gasteiger partial charge on any atom is 0.258 e. The molecule has 5 atom stereocenters. The van der Waals surface area contributed by atoms with Crippen LogP contribution < -0.4 is 20.7 Å². The van der Waals surface area contributed by atoms with Gasteiger partial charge in [-0.15, -0.1) is 0 Å². The standard InChI is InChI=1S/C39H43F2N5O7/c1-23(47)37-39(52)46(18-25-10-11-25)21-34(48)42-32(14-24-6-3-2-4-7-24)38(51)43-33-20-45(36(50)16-27-12-13-28(40)17-31(27)41)19-30(33)26-8-5-9-29(15-26)53-22-35(49)44-37/h2-9,12-13,15,17,23,25,30,32-33,37,47H,10-11,14,16,18-22H2,1H3,(H,42,48)(H,43,51)(H,44,49)/t23-,30-,32+,33+,37+/m1/s1. The second-order valence-electron chi connectivity index (χ2n) is 14.1. The minimum absolute atomic E-state index is 0.0316. The number of likely N-dealkylation sites (tertiary alicyclic amines) is 1. The Balaban J connectivity index is 1.32. The maximum atomic E-state index is 14.5. The number of hydrogen-bond acceptors (Lipinski definition) is 7. The molecule has 4 N–H and O–H groups in total. The Bertz CT molecular complexity index is 1840. The van der Waals surface area contributed by atoms with Gasteiger partial charge < -0.3 is 35.6 Å². The number of nitrogens with one attached hydrogen (secondary N) is 3. The third-order valence-electron chi connectivity index (χ3n) is 9.83. The molecule has 1 saturated carbocycles. The van der Waals surface area contributed by atoms with Crippen LogP contribution in [0.2, 0.25) is 0 Å². The van der Waals surface area contributed by atoms with Crippen molar-refractivity contribution in [2.75, 3.05) is 32.8 Å². The first-order chi connectivity index (χ1) is 25.4. The third-order valence-corrected chi connectivity index (χ3v) is 9.83. The molecular formula is C39H43F2N5O7. The highest BCUT2D eigenvalue weighted by molar-refractivity contribution is 5.93. The molecule has 2 aliphatic heterocycles. The fourth-order valence-corrected chi connectivity index (χ4v) is 6.82. The predicted octanol–water partition coefficient (Wildman–Crippen LogP) is 1.84. The van der Waals surface area contributed by atoms with Crippen LogP contribution in [0.25, 0.3) is 0 Å². The van der Waals surface area contributed by atoms with Crippen LogP contribution in [0.3, 0.4) is 0 Å². The van der Waals surface area contributed by atoms with Gasteiger partial charge in [0.05, 0.1) is 25.1 Å². The summed E-state index contributed by atoms with van der Waals surface area (Å²) in [6.45, 7) is 0.907. The molecule has 3 aliphatic rings. The number of aliphatic hydroxyl groups is 1. The number of halogens is 2. The van der Waals surface area contributed by atoms with Crippen LogP contribution in [0.5, 0.6) is 5.75 Å². The van der Waals surface area contributed by atoms with E-state index in [9.17, 15) is 37.9 Å². The van der Waals surface area contributed by atoms with E-state index < -0.39 is 84.5 Å². The first-order valence-electron chi connectivity index (χ1n) is 17.8. The number of fused-ring (bicyclic) bond motifs is 4. The molecule has 3 aromatic rings. The van der Waals surface area contributed by atoms with E-state index in [2.05, 4.69) is 16.0 Å². The molecule has 5 amide bonds. The monoisotopic (exact) mass is 731 g/mol. The lowest BCUT2D eigenvalue weighted by atomic mass is 9.93. The Morgan fingerprint density at radius 2 is 1.70 bits per heavy atom. The molecule has 0 radical (unpaired) electrons. The molecule has 2 fully saturated rings. The van der Waals surface area contributed by atoms with Crippen LogP contribution in [-0.4, -0.2) is 101 Å². The summed E-state index contributed by atoms with van der Waals surface area (Å²) in [5, 5.41) is 19.0. The smallest absolute Gasteiger partial charge is 0.258 e. The van der Waals surface area contributed by atoms with Crippen LogP contribution in [0, 0.1) is 17.6 Å². The molecule has 1 saturated heterocycles. The van der Waals surface area contributed by atoms with E-state index in [-0.39, 0.29) is 44.0 Å². The Labute approximate surface area is 305 Å². The number of ether oxygens (including phenoxy) is 1. The molecule has 2 heterocycles. The van der Waals surface area contributed by atoms with E-state index in [1.165, 1.54) is 22.8 Å². The molecule has 0 unspecified atom stereocenters. The first kappa shape index (κ1) is 37.4. The van der Waals surface area contributed by atoms with E-state index in [1.807, 2.05) is 30.3 Å². The lowest BCUT2D eigenvalue weighted by Gasteiger charge is -2.30. The van der Waals surface area contributed by atoms with Crippen molar-refractivity contribution in [2.24, 2.45) is 5.92 Å². The van der Waals surface area contributed by atoms with E-state index in [1.54, 1.807) is 24.3 Å². The van der Waals surface area contributed by atoms with Crippen LogP contribution in [0.1, 0.15) is 42.4 Å². The number of benzene rings is 3. The number of carbonyl (C=O) groups is 5. The lowest BCUT2D eigenvalue weighted by Crippen LogP contribution is -2.58. The predicted molar refractivity (Wildman–Crippen MR) is 188 cm³/mol. The number of carbonyl (C=O) groups excluding carboxylic acids is 5. The highest BCUT2D eigenvalue weighted by atomic mass is 19.1. The molecular weight excluding hydrogens is 688 g/mol. The van der Waals surface area contributed by atoms with Crippen molar-refractivity contribution in [1.29, 1.82) is 0 Å². The lowest BCUT2D eigenvalue weighted by molar-refractivity contribution is -0.143. The number of amides is 5. The van der Waals surface area contributed by atoms with Crippen LogP contribution in [-0.2, 0) is 36.8 Å². The molecule has 280 valence electrons. The van der Waals surface area contributed by atoms with Gasteiger partial charge in [-0.05, 0) is 60.6 Å². The van der Waals surface area contributed by atoms with Gasteiger partial charge in [-0.3, -0.25) is 24.0 Å². The number of hydrogen-bond donors (Lipinski definition) is 4. The summed E-state index contributed by atoms with van der Waals surface area (Å²) < 4.78 is 33.9. The summed E-state index contributed by atoms with van der Waals surface area (Å²) in [4.78, 5) is 71.0. The van der Waals surface area contributed by atoms with E-state index in [0.717, 1.165) is 30.5 Å². The SMILES string of the molecule is C[C@@H](O)[C@@H]1NC(=O)COc2cccc(c2)[C@H]2CN(C(=O)Cc3ccc(F)cc3F)C[C@@H]2NC(=O)[C@H](Cc2ccccc2)NC(=O)CN(CC2CC2)C1=O. The number of nitrogens with zero attached hydrogens (tertiary/aromatic N) is 2. The van der Waals surface area contributed by atoms with E-state index >= 15 is 0 Å². The van der Waals surface area contributed by atoms with Crippen molar-refractivity contribution < 1.29 is 42.6 Å². The molecule has 6 rings (SSSR count). The zero-order valence-electron chi connectivity index (χ0n) is 29.3. The average Bonchev–Trinajstić information content (AvgIpc) is 3.85. The van der Waals surface area contributed by atoms with Crippen molar-refractivity contribution in [1.82, 2.24) is 25.8 Å². The molecule has 53 heavy (non-hydrogen) atoms. The third kappa shape index (κ3) is 9.74. The van der Waals surface area contributed by atoms with Crippen molar-refractivity contribution in [3.05, 3.63) is 101 Å². The highest BCUT2D eigenvalue weighted by Crippen LogP contribution is 2.32. The maximum absolute atomic E-state index is 14.5. The Morgan fingerprint density at radius 1 is 0.925 bits per heavy atom. The molecule has 2 bridgehead atoms. The van der Waals surface area contributed by atoms with Gasteiger partial charge in [-0.25, -0.2) is 8.78 Å². The summed E-state index contributed by atoms with van der Waals surface area (Å²) >= 11 is 0. The van der Waals surface area contributed by atoms with Crippen molar-refractivity contribution in [2.45, 2.75) is 62.8 Å². The quantitative estimate of drug-likeness (QED) is 0.289. The Hall–Kier alpha value is -5.37. The minimum Gasteiger partial charge on any atom is -0.484 e. The summed E-state index contributed by atoms with van der Waals surface area (Å²) in [7, 11) is 0. The van der Waals surface area contributed by atoms with Crippen LogP contribution in [0.4, 0.5) is 8.78 Å². The van der Waals surface area contributed by atoms with E-state index in [0.29, 0.717) is 11.3 Å².